The lowest BCUT2D eigenvalue weighted by Gasteiger charge is -2.37. The maximum absolute atomic E-state index is 13.7. The molecule has 1 aromatic rings. The summed E-state index contributed by atoms with van der Waals surface area (Å²) in [6.45, 7) is 0.658. The molecule has 2 nitrogen and oxygen atoms in total. The third-order valence-corrected chi connectivity index (χ3v) is 4.24. The molecular weight excluding hydrogens is 227 g/mol. The molecule has 3 heteroatoms. The number of benzene rings is 1. The molecule has 0 unspecified atom stereocenters. The summed E-state index contributed by atoms with van der Waals surface area (Å²) in [5, 5.41) is 0. The summed E-state index contributed by atoms with van der Waals surface area (Å²) in [5.41, 5.74) is 7.96. The molecule has 1 aromatic carbocycles. The molecule has 2 N–H and O–H groups in total. The summed E-state index contributed by atoms with van der Waals surface area (Å²) in [7, 11) is 3.75. The number of rotatable bonds is 3. The van der Waals surface area contributed by atoms with Crippen molar-refractivity contribution in [3.63, 3.8) is 0 Å². The highest BCUT2D eigenvalue weighted by atomic mass is 19.1. The number of hydrogen-bond acceptors (Lipinski definition) is 2. The Bertz CT molecular complexity index is 409. The third-order valence-electron chi connectivity index (χ3n) is 4.24. The Morgan fingerprint density at radius 3 is 2.44 bits per heavy atom. The van der Waals surface area contributed by atoms with Crippen molar-refractivity contribution in [1.29, 1.82) is 0 Å². The van der Waals surface area contributed by atoms with Crippen LogP contribution in [-0.2, 0) is 5.41 Å². The van der Waals surface area contributed by atoms with Crippen LogP contribution in [0.5, 0.6) is 0 Å². The van der Waals surface area contributed by atoms with Crippen molar-refractivity contribution in [2.75, 3.05) is 25.5 Å². The van der Waals surface area contributed by atoms with Gasteiger partial charge in [-0.3, -0.25) is 0 Å². The molecule has 0 aliphatic heterocycles. The van der Waals surface area contributed by atoms with Gasteiger partial charge < -0.3 is 10.6 Å². The van der Waals surface area contributed by atoms with Crippen molar-refractivity contribution in [1.82, 2.24) is 0 Å². The molecule has 1 saturated carbocycles. The van der Waals surface area contributed by atoms with Gasteiger partial charge in [-0.15, -0.1) is 0 Å². The Labute approximate surface area is 109 Å². The molecule has 1 aliphatic rings. The monoisotopic (exact) mass is 250 g/mol. The van der Waals surface area contributed by atoms with Gasteiger partial charge in [0, 0.05) is 26.1 Å². The standard InChI is InChI=1S/C15H23FN2/c1-18(2)14-10-12(6-7-13(14)16)15(11-17)8-4-3-5-9-15/h6-7,10H,3-5,8-9,11,17H2,1-2H3. The van der Waals surface area contributed by atoms with Crippen LogP contribution in [0.25, 0.3) is 0 Å². The molecule has 0 bridgehead atoms. The second-order valence-corrected chi connectivity index (χ2v) is 5.61. The molecule has 0 saturated heterocycles. The molecule has 2 rings (SSSR count). The van der Waals surface area contributed by atoms with Gasteiger partial charge in [0.25, 0.3) is 0 Å². The second-order valence-electron chi connectivity index (χ2n) is 5.61. The van der Waals surface area contributed by atoms with Crippen LogP contribution in [0.3, 0.4) is 0 Å². The van der Waals surface area contributed by atoms with Gasteiger partial charge in [0.05, 0.1) is 5.69 Å². The molecule has 0 amide bonds. The first-order valence-electron chi connectivity index (χ1n) is 6.76. The van der Waals surface area contributed by atoms with E-state index in [9.17, 15) is 4.39 Å². The quantitative estimate of drug-likeness (QED) is 0.893. The molecule has 100 valence electrons. The molecule has 1 aliphatic carbocycles. The molecule has 1 fully saturated rings. The largest absolute Gasteiger partial charge is 0.375 e. The number of nitrogens with zero attached hydrogens (tertiary/aromatic N) is 1. The van der Waals surface area contributed by atoms with E-state index in [0.717, 1.165) is 12.8 Å². The van der Waals surface area contributed by atoms with Crippen LogP contribution in [0.1, 0.15) is 37.7 Å². The molecule has 0 radical (unpaired) electrons. The predicted octanol–water partition coefficient (Wildman–Crippen LogP) is 3.05. The lowest BCUT2D eigenvalue weighted by atomic mass is 9.69. The topological polar surface area (TPSA) is 29.3 Å². The fourth-order valence-corrected chi connectivity index (χ4v) is 3.02. The van der Waals surface area contributed by atoms with Crippen LogP contribution >= 0.6 is 0 Å². The van der Waals surface area contributed by atoms with Crippen LogP contribution in [0.2, 0.25) is 0 Å². The van der Waals surface area contributed by atoms with E-state index in [1.165, 1.54) is 24.8 Å². The summed E-state index contributed by atoms with van der Waals surface area (Å²) in [4.78, 5) is 1.83. The SMILES string of the molecule is CN(C)c1cc(C2(CN)CCCCC2)ccc1F. The number of halogens is 1. The molecule has 0 atom stereocenters. The van der Waals surface area contributed by atoms with Crippen molar-refractivity contribution in [2.45, 2.75) is 37.5 Å². The second kappa shape index (κ2) is 5.27. The minimum absolute atomic E-state index is 0.0662. The Hall–Kier alpha value is -1.09. The fourth-order valence-electron chi connectivity index (χ4n) is 3.02. The highest BCUT2D eigenvalue weighted by Gasteiger charge is 2.33. The lowest BCUT2D eigenvalue weighted by Crippen LogP contribution is -2.37. The average molecular weight is 250 g/mol. The van der Waals surface area contributed by atoms with Crippen LogP contribution in [0.15, 0.2) is 18.2 Å². The maximum atomic E-state index is 13.7. The zero-order valence-electron chi connectivity index (χ0n) is 11.4. The summed E-state index contributed by atoms with van der Waals surface area (Å²) >= 11 is 0. The van der Waals surface area contributed by atoms with Crippen molar-refractivity contribution < 1.29 is 4.39 Å². The molecular formula is C15H23FN2. The van der Waals surface area contributed by atoms with E-state index >= 15 is 0 Å². The van der Waals surface area contributed by atoms with Gasteiger partial charge >= 0.3 is 0 Å². The van der Waals surface area contributed by atoms with Gasteiger partial charge in [-0.05, 0) is 30.5 Å². The third kappa shape index (κ3) is 2.37. The smallest absolute Gasteiger partial charge is 0.146 e. The Balaban J connectivity index is 2.39. The first kappa shape index (κ1) is 13.3. The van der Waals surface area contributed by atoms with E-state index in [0.29, 0.717) is 12.2 Å². The first-order valence-corrected chi connectivity index (χ1v) is 6.76. The van der Waals surface area contributed by atoms with Gasteiger partial charge in [-0.25, -0.2) is 4.39 Å². The zero-order chi connectivity index (χ0) is 13.2. The van der Waals surface area contributed by atoms with E-state index < -0.39 is 0 Å². The number of anilines is 1. The Kier molecular flexibility index (Phi) is 3.91. The van der Waals surface area contributed by atoms with Crippen LogP contribution < -0.4 is 10.6 Å². The fraction of sp³-hybridized carbons (Fsp3) is 0.600. The number of hydrogen-bond donors (Lipinski definition) is 1. The van der Waals surface area contributed by atoms with E-state index in [1.807, 2.05) is 31.1 Å². The Morgan fingerprint density at radius 2 is 1.89 bits per heavy atom. The highest BCUT2D eigenvalue weighted by molar-refractivity contribution is 5.50. The first-order chi connectivity index (χ1) is 8.59. The maximum Gasteiger partial charge on any atom is 0.146 e. The minimum atomic E-state index is -0.160. The van der Waals surface area contributed by atoms with Gasteiger partial charge in [0.2, 0.25) is 0 Å². The van der Waals surface area contributed by atoms with Crippen molar-refractivity contribution >= 4 is 5.69 Å². The summed E-state index contributed by atoms with van der Waals surface area (Å²) in [6, 6.07) is 5.48. The van der Waals surface area contributed by atoms with Crippen LogP contribution in [0.4, 0.5) is 10.1 Å². The molecule has 0 heterocycles. The van der Waals surface area contributed by atoms with Gasteiger partial charge in [0.1, 0.15) is 5.82 Å². The Morgan fingerprint density at radius 1 is 1.22 bits per heavy atom. The van der Waals surface area contributed by atoms with Gasteiger partial charge in [-0.2, -0.15) is 0 Å². The van der Waals surface area contributed by atoms with Crippen LogP contribution in [0, 0.1) is 5.82 Å². The molecule has 0 aromatic heterocycles. The zero-order valence-corrected chi connectivity index (χ0v) is 11.4. The van der Waals surface area contributed by atoms with Crippen LogP contribution in [-0.4, -0.2) is 20.6 Å². The van der Waals surface area contributed by atoms with Crippen molar-refractivity contribution in [3.05, 3.63) is 29.6 Å². The van der Waals surface area contributed by atoms with Crippen molar-refractivity contribution in [2.24, 2.45) is 5.73 Å². The van der Waals surface area contributed by atoms with Gasteiger partial charge in [-0.1, -0.05) is 25.3 Å². The lowest BCUT2D eigenvalue weighted by molar-refractivity contribution is 0.300. The van der Waals surface area contributed by atoms with Crippen molar-refractivity contribution in [3.8, 4) is 0 Å². The summed E-state index contributed by atoms with van der Waals surface area (Å²) in [6.07, 6.45) is 6.01. The molecule has 18 heavy (non-hydrogen) atoms. The minimum Gasteiger partial charge on any atom is -0.375 e. The van der Waals surface area contributed by atoms with E-state index in [2.05, 4.69) is 0 Å². The highest BCUT2D eigenvalue weighted by Crippen LogP contribution is 2.40. The average Bonchev–Trinajstić information content (AvgIpc) is 2.39. The van der Waals surface area contributed by atoms with Gasteiger partial charge in [0.15, 0.2) is 0 Å². The predicted molar refractivity (Wildman–Crippen MR) is 74.5 cm³/mol. The summed E-state index contributed by atoms with van der Waals surface area (Å²) in [5.74, 6) is -0.160. The van der Waals surface area contributed by atoms with E-state index in [1.54, 1.807) is 6.07 Å². The molecule has 0 spiro atoms. The van der Waals surface area contributed by atoms with E-state index in [4.69, 9.17) is 5.73 Å². The summed E-state index contributed by atoms with van der Waals surface area (Å²) < 4.78 is 13.7. The van der Waals surface area contributed by atoms with E-state index in [-0.39, 0.29) is 11.2 Å². The normalized spacial score (nSPS) is 18.7. The number of nitrogens with two attached hydrogens (primary N) is 1.